The predicted octanol–water partition coefficient (Wildman–Crippen LogP) is 16.6. The molecule has 0 saturated carbocycles. The Labute approximate surface area is 397 Å². The molecule has 65 heavy (non-hydrogen) atoms. The fourth-order valence-corrected chi connectivity index (χ4v) is 6.03. The van der Waals surface area contributed by atoms with Crippen LogP contribution in [0.3, 0.4) is 0 Å². The molecule has 0 aromatic rings. The van der Waals surface area contributed by atoms with Gasteiger partial charge in [-0.3, -0.25) is 14.4 Å². The lowest BCUT2D eigenvalue weighted by Crippen LogP contribution is -2.30. The van der Waals surface area contributed by atoms with Crippen molar-refractivity contribution in [3.63, 3.8) is 0 Å². The Morgan fingerprint density at radius 3 is 1.12 bits per heavy atom. The van der Waals surface area contributed by atoms with E-state index in [4.69, 9.17) is 14.2 Å². The number of ether oxygens (including phenoxy) is 3. The average molecular weight is 893 g/mol. The molecule has 0 aromatic heterocycles. The van der Waals surface area contributed by atoms with Gasteiger partial charge in [-0.15, -0.1) is 0 Å². The predicted molar refractivity (Wildman–Crippen MR) is 278 cm³/mol. The van der Waals surface area contributed by atoms with Gasteiger partial charge in [0.05, 0.1) is 0 Å². The van der Waals surface area contributed by atoms with Gasteiger partial charge in [-0.1, -0.05) is 217 Å². The maximum absolute atomic E-state index is 12.8. The molecule has 0 amide bonds. The summed E-state index contributed by atoms with van der Waals surface area (Å²) in [4.78, 5) is 37.9. The number of rotatable bonds is 42. The Morgan fingerprint density at radius 2 is 0.646 bits per heavy atom. The van der Waals surface area contributed by atoms with E-state index in [-0.39, 0.29) is 44.0 Å². The molecule has 360 valence electrons. The van der Waals surface area contributed by atoms with Gasteiger partial charge in [-0.25, -0.2) is 0 Å². The number of hydrogen-bond donors (Lipinski definition) is 0. The third kappa shape index (κ3) is 49.9. The zero-order chi connectivity index (χ0) is 47.2. The van der Waals surface area contributed by atoms with Crippen LogP contribution < -0.4 is 0 Å². The lowest BCUT2D eigenvalue weighted by Gasteiger charge is -2.18. The second kappa shape index (κ2) is 51.7. The SMILES string of the molecule is CC/C=C/C=C/C=C/C=C/C=C/CCCC(=O)OCC(COC(=O)CCCCC/C=C/C/C=C/C/C=C/C/C=C/C/C=C/CC)OC(=O)CCCCCCCCC/C=C/C=C/C=C/CC. The Hall–Kier alpha value is -4.97. The molecular weight excluding hydrogens is 805 g/mol. The van der Waals surface area contributed by atoms with Crippen LogP contribution in [0.15, 0.2) is 158 Å². The number of allylic oxidation sites excluding steroid dienone is 26. The fraction of sp³-hybridized carbons (Fsp3) is 0.508. The topological polar surface area (TPSA) is 78.9 Å². The Balaban J connectivity index is 4.59. The van der Waals surface area contributed by atoms with E-state index in [1.54, 1.807) is 0 Å². The third-order valence-corrected chi connectivity index (χ3v) is 9.70. The Bertz CT molecular complexity index is 1540. The first-order valence-corrected chi connectivity index (χ1v) is 25.1. The van der Waals surface area contributed by atoms with Crippen LogP contribution in [0.5, 0.6) is 0 Å². The molecule has 0 heterocycles. The van der Waals surface area contributed by atoms with Crippen molar-refractivity contribution in [2.24, 2.45) is 0 Å². The van der Waals surface area contributed by atoms with E-state index in [1.165, 1.54) is 19.3 Å². The van der Waals surface area contributed by atoms with E-state index < -0.39 is 6.10 Å². The molecule has 1 unspecified atom stereocenters. The van der Waals surface area contributed by atoms with Crippen LogP contribution >= 0.6 is 0 Å². The van der Waals surface area contributed by atoms with Crippen LogP contribution in [0.2, 0.25) is 0 Å². The number of carbonyl (C=O) groups is 3. The molecule has 0 aliphatic rings. The molecule has 0 aliphatic heterocycles. The standard InChI is InChI=1S/C59H88O6/c1-4-7-10-13-16-19-22-25-27-28-29-30-32-34-37-40-43-46-49-52-58(61)64-55-56(54-63-57(60)51-48-45-42-39-36-33-24-21-18-15-12-9-6-3)65-59(62)53-50-47-44-41-38-35-31-26-23-20-17-14-11-8-5-2/h7-12,14-21,23-25,27,29-30,33-34,36-37,39,42,56H,4-6,13,22,26,28,31-32,35,38,40-41,43-55H2,1-3H3/b10-7+,11-8+,12-9+,17-14+,18-15+,19-16+,23-20+,24-21+,27-25+,30-29+,36-33+,37-34+,42-39+. The summed E-state index contributed by atoms with van der Waals surface area (Å²) in [5, 5.41) is 0. The summed E-state index contributed by atoms with van der Waals surface area (Å²) in [5.74, 6) is -1.06. The van der Waals surface area contributed by atoms with Gasteiger partial charge < -0.3 is 14.2 Å². The minimum atomic E-state index is -0.835. The Kier molecular flexibility index (Phi) is 47.7. The molecule has 6 nitrogen and oxygen atoms in total. The summed E-state index contributed by atoms with van der Waals surface area (Å²) in [6, 6.07) is 0. The van der Waals surface area contributed by atoms with Gasteiger partial charge in [0, 0.05) is 19.3 Å². The molecule has 0 spiro atoms. The van der Waals surface area contributed by atoms with E-state index in [2.05, 4.69) is 124 Å². The molecule has 0 radical (unpaired) electrons. The summed E-state index contributed by atoms with van der Waals surface area (Å²) < 4.78 is 16.7. The average Bonchev–Trinajstić information content (AvgIpc) is 3.30. The monoisotopic (exact) mass is 893 g/mol. The van der Waals surface area contributed by atoms with Crippen molar-refractivity contribution in [3.05, 3.63) is 158 Å². The van der Waals surface area contributed by atoms with E-state index >= 15 is 0 Å². The summed E-state index contributed by atoms with van der Waals surface area (Å²) in [7, 11) is 0. The van der Waals surface area contributed by atoms with Gasteiger partial charge in [0.25, 0.3) is 0 Å². The van der Waals surface area contributed by atoms with Gasteiger partial charge in [0.2, 0.25) is 0 Å². The van der Waals surface area contributed by atoms with Crippen molar-refractivity contribution in [2.75, 3.05) is 13.2 Å². The molecule has 0 fully saturated rings. The lowest BCUT2D eigenvalue weighted by atomic mass is 10.1. The largest absolute Gasteiger partial charge is 0.462 e. The molecule has 0 aromatic carbocycles. The van der Waals surface area contributed by atoms with Gasteiger partial charge in [-0.2, -0.15) is 0 Å². The quantitative estimate of drug-likeness (QED) is 0.0200. The second-order valence-corrected chi connectivity index (χ2v) is 15.8. The highest BCUT2D eigenvalue weighted by atomic mass is 16.6. The summed E-state index contributed by atoms with van der Waals surface area (Å²) in [6.45, 7) is 6.11. The first-order chi connectivity index (χ1) is 32.0. The van der Waals surface area contributed by atoms with Gasteiger partial charge in [-0.05, 0) is 96.3 Å². The zero-order valence-electron chi connectivity index (χ0n) is 40.9. The van der Waals surface area contributed by atoms with E-state index in [0.29, 0.717) is 12.8 Å². The van der Waals surface area contributed by atoms with Crippen molar-refractivity contribution in [2.45, 2.75) is 181 Å². The minimum absolute atomic E-state index is 0.131. The molecule has 0 N–H and O–H groups in total. The van der Waals surface area contributed by atoms with E-state index in [9.17, 15) is 14.4 Å². The van der Waals surface area contributed by atoms with E-state index in [1.807, 2.05) is 54.7 Å². The van der Waals surface area contributed by atoms with Crippen molar-refractivity contribution >= 4 is 17.9 Å². The van der Waals surface area contributed by atoms with Crippen LogP contribution in [0, 0.1) is 0 Å². The van der Waals surface area contributed by atoms with Gasteiger partial charge in [0.1, 0.15) is 13.2 Å². The second-order valence-electron chi connectivity index (χ2n) is 15.8. The molecule has 1 atom stereocenters. The van der Waals surface area contributed by atoms with Crippen molar-refractivity contribution in [1.29, 1.82) is 0 Å². The zero-order valence-corrected chi connectivity index (χ0v) is 40.9. The van der Waals surface area contributed by atoms with E-state index in [0.717, 1.165) is 109 Å². The van der Waals surface area contributed by atoms with Crippen LogP contribution in [0.1, 0.15) is 175 Å². The van der Waals surface area contributed by atoms with Gasteiger partial charge in [0.15, 0.2) is 6.10 Å². The fourth-order valence-electron chi connectivity index (χ4n) is 6.03. The maximum Gasteiger partial charge on any atom is 0.306 e. The normalized spacial score (nSPS) is 13.5. The summed E-state index contributed by atoms with van der Waals surface area (Å²) in [5.41, 5.74) is 0. The highest BCUT2D eigenvalue weighted by Gasteiger charge is 2.19. The minimum Gasteiger partial charge on any atom is -0.462 e. The van der Waals surface area contributed by atoms with Crippen LogP contribution in [0.4, 0.5) is 0 Å². The smallest absolute Gasteiger partial charge is 0.306 e. The molecule has 0 saturated heterocycles. The van der Waals surface area contributed by atoms with Crippen LogP contribution in [-0.2, 0) is 28.6 Å². The Morgan fingerprint density at radius 1 is 0.323 bits per heavy atom. The maximum atomic E-state index is 12.8. The molecule has 0 bridgehead atoms. The number of carbonyl (C=O) groups excluding carboxylic acids is 3. The lowest BCUT2D eigenvalue weighted by molar-refractivity contribution is -0.167. The van der Waals surface area contributed by atoms with Crippen LogP contribution in [0.25, 0.3) is 0 Å². The van der Waals surface area contributed by atoms with Crippen molar-refractivity contribution in [1.82, 2.24) is 0 Å². The number of unbranched alkanes of at least 4 members (excludes halogenated alkanes) is 11. The summed E-state index contributed by atoms with van der Waals surface area (Å²) >= 11 is 0. The van der Waals surface area contributed by atoms with Crippen molar-refractivity contribution < 1.29 is 28.6 Å². The van der Waals surface area contributed by atoms with Crippen LogP contribution in [-0.4, -0.2) is 37.2 Å². The summed E-state index contributed by atoms with van der Waals surface area (Å²) in [6.07, 6.45) is 75.2. The number of esters is 3. The first kappa shape index (κ1) is 60.0. The highest BCUT2D eigenvalue weighted by molar-refractivity contribution is 5.71. The van der Waals surface area contributed by atoms with Crippen molar-refractivity contribution in [3.8, 4) is 0 Å². The number of hydrogen-bond acceptors (Lipinski definition) is 6. The first-order valence-electron chi connectivity index (χ1n) is 25.1. The van der Waals surface area contributed by atoms with Gasteiger partial charge >= 0.3 is 17.9 Å². The highest BCUT2D eigenvalue weighted by Crippen LogP contribution is 2.12. The third-order valence-electron chi connectivity index (χ3n) is 9.70. The molecule has 0 aliphatic carbocycles. The molecule has 0 rings (SSSR count). The molecular formula is C59H88O6. The molecule has 6 heteroatoms.